The number of carboxylic acid groups (broad SMARTS) is 1. The molecule has 88 valence electrons. The summed E-state index contributed by atoms with van der Waals surface area (Å²) in [6.45, 7) is 0. The Balaban J connectivity index is 2.50. The first-order valence-electron chi connectivity index (χ1n) is 4.57. The smallest absolute Gasteiger partial charge is 0.348 e. The van der Waals surface area contributed by atoms with E-state index < -0.39 is 5.97 Å². The number of aromatic carboxylic acids is 1. The highest BCUT2D eigenvalue weighted by atomic mass is 79.9. The van der Waals surface area contributed by atoms with E-state index in [4.69, 9.17) is 22.4 Å². The fraction of sp³-hybridized carbons (Fsp3) is 0. The Morgan fingerprint density at radius 3 is 2.65 bits per heavy atom. The number of nitrogen functional groups attached to an aromatic ring is 1. The van der Waals surface area contributed by atoms with E-state index in [1.165, 1.54) is 0 Å². The van der Waals surface area contributed by atoms with Gasteiger partial charge in [0.1, 0.15) is 4.88 Å². The van der Waals surface area contributed by atoms with E-state index in [0.29, 0.717) is 5.02 Å². The van der Waals surface area contributed by atoms with Gasteiger partial charge in [-0.05, 0) is 39.7 Å². The van der Waals surface area contributed by atoms with Crippen molar-refractivity contribution in [2.24, 2.45) is 0 Å². The molecule has 0 radical (unpaired) electrons. The first kappa shape index (κ1) is 12.4. The maximum absolute atomic E-state index is 10.9. The van der Waals surface area contributed by atoms with Crippen LogP contribution in [0.5, 0.6) is 0 Å². The maximum atomic E-state index is 10.9. The quantitative estimate of drug-likeness (QED) is 0.870. The van der Waals surface area contributed by atoms with Crippen LogP contribution in [0.4, 0.5) is 5.69 Å². The fourth-order valence-corrected chi connectivity index (χ4v) is 2.77. The molecular formula is C11H7BrClNO2S. The zero-order chi connectivity index (χ0) is 12.6. The van der Waals surface area contributed by atoms with Gasteiger partial charge in [-0.3, -0.25) is 0 Å². The molecule has 0 saturated heterocycles. The summed E-state index contributed by atoms with van der Waals surface area (Å²) in [5.74, 6) is -1.01. The average Bonchev–Trinajstić information content (AvgIpc) is 2.64. The number of benzene rings is 1. The Hall–Kier alpha value is -1.04. The van der Waals surface area contributed by atoms with Crippen LogP contribution >= 0.6 is 38.9 Å². The lowest BCUT2D eigenvalue weighted by Gasteiger charge is -1.99. The molecule has 0 amide bonds. The van der Waals surface area contributed by atoms with Gasteiger partial charge in [-0.1, -0.05) is 17.7 Å². The summed E-state index contributed by atoms with van der Waals surface area (Å²) in [5.41, 5.74) is 6.80. The largest absolute Gasteiger partial charge is 0.477 e. The van der Waals surface area contributed by atoms with Crippen molar-refractivity contribution in [2.45, 2.75) is 0 Å². The van der Waals surface area contributed by atoms with E-state index in [2.05, 4.69) is 15.9 Å². The van der Waals surface area contributed by atoms with Gasteiger partial charge in [0.05, 0.1) is 10.7 Å². The van der Waals surface area contributed by atoms with Crippen molar-refractivity contribution in [3.05, 3.63) is 38.6 Å². The van der Waals surface area contributed by atoms with E-state index in [-0.39, 0.29) is 10.6 Å². The van der Waals surface area contributed by atoms with Gasteiger partial charge < -0.3 is 10.8 Å². The van der Waals surface area contributed by atoms with Gasteiger partial charge in [0.15, 0.2) is 0 Å². The number of nitrogens with two attached hydrogens (primary N) is 1. The third kappa shape index (κ3) is 2.46. The zero-order valence-electron chi connectivity index (χ0n) is 8.41. The minimum absolute atomic E-state index is 0.158. The van der Waals surface area contributed by atoms with Crippen LogP contribution in [0.15, 0.2) is 28.7 Å². The number of thiophene rings is 1. The Labute approximate surface area is 115 Å². The summed E-state index contributed by atoms with van der Waals surface area (Å²) in [7, 11) is 0. The molecule has 1 aromatic heterocycles. The van der Waals surface area contributed by atoms with Crippen molar-refractivity contribution in [3.63, 3.8) is 0 Å². The van der Waals surface area contributed by atoms with Crippen LogP contribution in [-0.2, 0) is 0 Å². The molecule has 1 heterocycles. The van der Waals surface area contributed by atoms with Crippen LogP contribution < -0.4 is 5.73 Å². The Morgan fingerprint density at radius 2 is 2.12 bits per heavy atom. The van der Waals surface area contributed by atoms with E-state index >= 15 is 0 Å². The molecule has 1 aromatic carbocycles. The predicted molar refractivity (Wildman–Crippen MR) is 73.8 cm³/mol. The predicted octanol–water partition coefficient (Wildman–Crippen LogP) is 4.11. The first-order chi connectivity index (χ1) is 7.99. The van der Waals surface area contributed by atoms with E-state index in [1.807, 2.05) is 12.1 Å². The number of halogens is 2. The van der Waals surface area contributed by atoms with Crippen molar-refractivity contribution in [1.82, 2.24) is 0 Å². The molecule has 3 nitrogen and oxygen atoms in total. The molecule has 0 spiro atoms. The second-order valence-corrected chi connectivity index (χ2v) is 5.64. The molecule has 2 aromatic rings. The molecule has 0 atom stereocenters. The van der Waals surface area contributed by atoms with Crippen LogP contribution in [0.2, 0.25) is 5.02 Å². The highest BCUT2D eigenvalue weighted by Gasteiger charge is 2.14. The molecule has 17 heavy (non-hydrogen) atoms. The van der Waals surface area contributed by atoms with Crippen molar-refractivity contribution in [2.75, 3.05) is 5.73 Å². The molecule has 0 unspecified atom stereocenters. The molecule has 2 rings (SSSR count). The van der Waals surface area contributed by atoms with Gasteiger partial charge in [0.2, 0.25) is 0 Å². The molecule has 0 fully saturated rings. The minimum atomic E-state index is -1.01. The van der Waals surface area contributed by atoms with E-state index in [1.54, 1.807) is 12.1 Å². The normalized spacial score (nSPS) is 10.5. The van der Waals surface area contributed by atoms with Gasteiger partial charge in [-0.25, -0.2) is 4.79 Å². The SMILES string of the molecule is Nc1cc(-c2ccc(Cl)c(Br)c2)sc1C(=O)O. The first-order valence-corrected chi connectivity index (χ1v) is 6.56. The van der Waals surface area contributed by atoms with Crippen LogP contribution in [0, 0.1) is 0 Å². The van der Waals surface area contributed by atoms with Crippen molar-refractivity contribution in [3.8, 4) is 10.4 Å². The summed E-state index contributed by atoms with van der Waals surface area (Å²) in [5, 5.41) is 9.53. The van der Waals surface area contributed by atoms with Crippen LogP contribution in [0.25, 0.3) is 10.4 Å². The molecule has 3 N–H and O–H groups in total. The third-order valence-corrected chi connectivity index (χ3v) is 4.56. The molecule has 0 aliphatic heterocycles. The van der Waals surface area contributed by atoms with Gasteiger partial charge in [0.25, 0.3) is 0 Å². The van der Waals surface area contributed by atoms with Crippen molar-refractivity contribution in [1.29, 1.82) is 0 Å². The van der Waals surface area contributed by atoms with Gasteiger partial charge in [-0.2, -0.15) is 0 Å². The topological polar surface area (TPSA) is 63.3 Å². The number of hydrogen-bond acceptors (Lipinski definition) is 3. The Kier molecular flexibility index (Phi) is 3.42. The third-order valence-electron chi connectivity index (χ3n) is 2.16. The van der Waals surface area contributed by atoms with Gasteiger partial charge in [0, 0.05) is 9.35 Å². The van der Waals surface area contributed by atoms with E-state index in [0.717, 1.165) is 26.3 Å². The highest BCUT2D eigenvalue weighted by Crippen LogP contribution is 2.35. The second kappa shape index (κ2) is 4.68. The molecular weight excluding hydrogens is 326 g/mol. The van der Waals surface area contributed by atoms with Crippen molar-refractivity contribution >= 4 is 50.5 Å². The highest BCUT2D eigenvalue weighted by molar-refractivity contribution is 9.10. The maximum Gasteiger partial charge on any atom is 0.348 e. The standard InChI is InChI=1S/C11H7BrClNO2S/c12-6-3-5(1-2-7(6)13)9-4-8(14)10(17-9)11(15)16/h1-4H,14H2,(H,15,16). The summed E-state index contributed by atoms with van der Waals surface area (Å²) < 4.78 is 0.764. The van der Waals surface area contributed by atoms with Crippen LogP contribution in [-0.4, -0.2) is 11.1 Å². The molecule has 0 bridgehead atoms. The fourth-order valence-electron chi connectivity index (χ4n) is 1.36. The molecule has 6 heteroatoms. The lowest BCUT2D eigenvalue weighted by molar-refractivity contribution is 0.0703. The number of hydrogen-bond donors (Lipinski definition) is 2. The number of rotatable bonds is 2. The van der Waals surface area contributed by atoms with E-state index in [9.17, 15) is 4.79 Å². The lowest BCUT2D eigenvalue weighted by atomic mass is 10.2. The Morgan fingerprint density at radius 1 is 1.41 bits per heavy atom. The monoisotopic (exact) mass is 331 g/mol. The average molecular weight is 333 g/mol. The zero-order valence-corrected chi connectivity index (χ0v) is 11.6. The second-order valence-electron chi connectivity index (χ2n) is 3.33. The van der Waals surface area contributed by atoms with Crippen LogP contribution in [0.3, 0.4) is 0 Å². The molecule has 0 saturated carbocycles. The number of carboxylic acids is 1. The minimum Gasteiger partial charge on any atom is -0.477 e. The number of carbonyl (C=O) groups is 1. The lowest BCUT2D eigenvalue weighted by Crippen LogP contribution is -1.96. The van der Waals surface area contributed by atoms with Crippen LogP contribution in [0.1, 0.15) is 9.67 Å². The molecule has 0 aliphatic carbocycles. The molecule has 0 aliphatic rings. The van der Waals surface area contributed by atoms with Gasteiger partial charge >= 0.3 is 5.97 Å². The van der Waals surface area contributed by atoms with Gasteiger partial charge in [-0.15, -0.1) is 11.3 Å². The summed E-state index contributed by atoms with van der Waals surface area (Å²) in [4.78, 5) is 11.8. The number of anilines is 1. The summed E-state index contributed by atoms with van der Waals surface area (Å²) >= 11 is 10.4. The van der Waals surface area contributed by atoms with Crippen molar-refractivity contribution < 1.29 is 9.90 Å². The Bertz CT molecular complexity index is 597. The summed E-state index contributed by atoms with van der Waals surface area (Å²) in [6.07, 6.45) is 0. The summed E-state index contributed by atoms with van der Waals surface area (Å²) in [6, 6.07) is 7.06.